The van der Waals surface area contributed by atoms with E-state index in [1.54, 1.807) is 30.6 Å². The van der Waals surface area contributed by atoms with E-state index in [0.29, 0.717) is 52.4 Å². The summed E-state index contributed by atoms with van der Waals surface area (Å²) >= 11 is 0. The number of aliphatic carboxylic acids is 2. The molecule has 0 aliphatic carbocycles. The number of carbonyl (C=O) groups is 4. The number of ether oxygens (including phenoxy) is 2. The van der Waals surface area contributed by atoms with Crippen molar-refractivity contribution in [1.29, 1.82) is 0 Å². The maximum absolute atomic E-state index is 13.0. The Morgan fingerprint density at radius 2 is 1.20 bits per heavy atom. The zero-order valence-corrected chi connectivity index (χ0v) is 23.4. The van der Waals surface area contributed by atoms with E-state index in [1.165, 1.54) is 7.11 Å². The third kappa shape index (κ3) is 13.5. The topological polar surface area (TPSA) is 140 Å². The molecule has 0 radical (unpaired) electrons. The van der Waals surface area contributed by atoms with Crippen LogP contribution < -0.4 is 0 Å². The Bertz CT molecular complexity index is 960. The molecule has 1 saturated heterocycles. The van der Waals surface area contributed by atoms with E-state index in [9.17, 15) is 29.4 Å². The molecule has 13 heteroatoms. The van der Waals surface area contributed by atoms with E-state index in [2.05, 4.69) is 0 Å². The van der Waals surface area contributed by atoms with Gasteiger partial charge in [0.05, 0.1) is 26.7 Å². The molecule has 0 amide bonds. The van der Waals surface area contributed by atoms with Crippen molar-refractivity contribution >= 4 is 53.4 Å². The molecule has 0 bridgehead atoms. The molecule has 2 N–H and O–H groups in total. The minimum atomic E-state index is -0.991. The van der Waals surface area contributed by atoms with Crippen LogP contribution in [0.4, 0.5) is 0 Å². The van der Waals surface area contributed by atoms with Crippen molar-refractivity contribution in [3.8, 4) is 0 Å². The Balaban J connectivity index is 0.00000800. The van der Waals surface area contributed by atoms with Crippen LogP contribution in [0.2, 0.25) is 0 Å². The van der Waals surface area contributed by atoms with Crippen molar-refractivity contribution in [2.45, 2.75) is 32.4 Å². The molecule has 2 rings (SSSR count). The second-order valence-electron chi connectivity index (χ2n) is 10.6. The number of hydrogen-bond donors (Lipinski definition) is 2. The van der Waals surface area contributed by atoms with Crippen molar-refractivity contribution in [3.63, 3.8) is 0 Å². The Hall–Kier alpha value is -2.06. The van der Waals surface area contributed by atoms with Gasteiger partial charge in [0.1, 0.15) is 11.6 Å². The van der Waals surface area contributed by atoms with Crippen LogP contribution in [-0.2, 0) is 28.7 Å². The molecule has 1 aliphatic rings. The first-order valence-corrected chi connectivity index (χ1v) is 13.1. The Morgan fingerprint density at radius 3 is 1.60 bits per heavy atom. The summed E-state index contributed by atoms with van der Waals surface area (Å²) in [5.74, 6) is -2.81. The quantitative estimate of drug-likeness (QED) is 0.303. The van der Waals surface area contributed by atoms with E-state index in [4.69, 9.17) is 9.47 Å². The molecule has 12 nitrogen and oxygen atoms in total. The molecule has 0 saturated carbocycles. The number of carboxylic acids is 2. The van der Waals surface area contributed by atoms with Gasteiger partial charge in [0.2, 0.25) is 0 Å². The van der Waals surface area contributed by atoms with Gasteiger partial charge in [-0.15, -0.1) is 0 Å². The van der Waals surface area contributed by atoms with Crippen LogP contribution >= 0.6 is 0 Å². The third-order valence-electron chi connectivity index (χ3n) is 6.27. The number of carbonyl (C=O) groups excluding carboxylic acids is 2. The van der Waals surface area contributed by atoms with Crippen molar-refractivity contribution < 1.29 is 38.9 Å². The molecule has 0 spiro atoms. The summed E-state index contributed by atoms with van der Waals surface area (Å²) in [6.07, 6.45) is 0. The van der Waals surface area contributed by atoms with Gasteiger partial charge in [0, 0.05) is 52.4 Å². The number of nitrogens with zero attached hydrogens (tertiary/aromatic N) is 4. The average Bonchev–Trinajstić information content (AvgIpc) is 2.84. The Kier molecular flexibility index (Phi) is 15.9. The molecule has 0 aromatic heterocycles. The summed E-state index contributed by atoms with van der Waals surface area (Å²) in [6.45, 7) is 7.81. The van der Waals surface area contributed by atoms with Crippen molar-refractivity contribution in [1.82, 2.24) is 19.6 Å². The van der Waals surface area contributed by atoms with Crippen molar-refractivity contribution in [3.05, 3.63) is 35.9 Å². The first-order chi connectivity index (χ1) is 18.4. The number of esters is 2. The summed E-state index contributed by atoms with van der Waals surface area (Å²) in [4.78, 5) is 56.0. The molecular weight excluding hydrogens is 531 g/mol. The van der Waals surface area contributed by atoms with E-state index in [-0.39, 0.29) is 49.2 Å². The summed E-state index contributed by atoms with van der Waals surface area (Å²) < 4.78 is 10.7. The van der Waals surface area contributed by atoms with E-state index in [0.717, 1.165) is 5.56 Å². The normalized spacial score (nSPS) is 17.9. The fourth-order valence-corrected chi connectivity index (χ4v) is 4.47. The number of carboxylic acid groups (broad SMARTS) is 2. The summed E-state index contributed by atoms with van der Waals surface area (Å²) in [6, 6.07) is 8.49. The fourth-order valence-electron chi connectivity index (χ4n) is 4.47. The van der Waals surface area contributed by atoms with Crippen molar-refractivity contribution in [2.75, 3.05) is 79.1 Å². The van der Waals surface area contributed by atoms with Crippen molar-refractivity contribution in [2.24, 2.45) is 0 Å². The van der Waals surface area contributed by atoms with Gasteiger partial charge in [-0.1, -0.05) is 30.3 Å². The van der Waals surface area contributed by atoms with Gasteiger partial charge in [0.25, 0.3) is 0 Å². The van der Waals surface area contributed by atoms with Gasteiger partial charge in [-0.3, -0.25) is 34.0 Å². The predicted molar refractivity (Wildman–Crippen MR) is 150 cm³/mol. The fraction of sp³-hybridized carbons (Fsp3) is 0.630. The van der Waals surface area contributed by atoms with Crippen LogP contribution in [0.5, 0.6) is 0 Å². The summed E-state index contributed by atoms with van der Waals surface area (Å²) in [5, 5.41) is 18.9. The SMILES string of the molecule is COC(=O)C(c1ccccc1)N1CCN(CC(=O)O)CCN(CC(=O)O)CCN(CC(=O)OC(C)(C)C)CC1.[NaH]. The molecule has 1 aromatic rings. The van der Waals surface area contributed by atoms with E-state index < -0.39 is 35.5 Å². The van der Waals surface area contributed by atoms with E-state index >= 15 is 0 Å². The van der Waals surface area contributed by atoms with E-state index in [1.807, 2.05) is 40.1 Å². The first-order valence-electron chi connectivity index (χ1n) is 13.1. The number of benzene rings is 1. The van der Waals surface area contributed by atoms with Crippen LogP contribution in [-0.4, -0.2) is 168 Å². The molecule has 1 unspecified atom stereocenters. The average molecular weight is 575 g/mol. The second kappa shape index (κ2) is 17.7. The number of methoxy groups -OCH3 is 1. The zero-order chi connectivity index (χ0) is 29.0. The van der Waals surface area contributed by atoms with Gasteiger partial charge in [0.15, 0.2) is 0 Å². The van der Waals surface area contributed by atoms with Gasteiger partial charge in [-0.2, -0.15) is 0 Å². The second-order valence-corrected chi connectivity index (χ2v) is 10.6. The molecule has 1 aliphatic heterocycles. The van der Waals surface area contributed by atoms with Gasteiger partial charge in [-0.25, -0.2) is 4.79 Å². The van der Waals surface area contributed by atoms with Crippen LogP contribution in [0.3, 0.4) is 0 Å². The monoisotopic (exact) mass is 574 g/mol. The molecule has 40 heavy (non-hydrogen) atoms. The van der Waals surface area contributed by atoms with Crippen LogP contribution in [0.15, 0.2) is 30.3 Å². The Morgan fingerprint density at radius 1 is 0.775 bits per heavy atom. The molecular formula is C27H43N4NaO8. The minimum absolute atomic E-state index is 0. The van der Waals surface area contributed by atoms with Crippen LogP contribution in [0, 0.1) is 0 Å². The van der Waals surface area contributed by atoms with Gasteiger partial charge in [-0.05, 0) is 26.3 Å². The molecule has 1 aromatic carbocycles. The maximum atomic E-state index is 13.0. The molecule has 1 fully saturated rings. The first kappa shape index (κ1) is 36.0. The Labute approximate surface area is 258 Å². The summed E-state index contributed by atoms with van der Waals surface area (Å²) in [5.41, 5.74) is 0.0922. The number of hydrogen-bond acceptors (Lipinski definition) is 10. The molecule has 220 valence electrons. The summed E-state index contributed by atoms with van der Waals surface area (Å²) in [7, 11) is 1.33. The van der Waals surface area contributed by atoms with Gasteiger partial charge < -0.3 is 19.7 Å². The van der Waals surface area contributed by atoms with Crippen LogP contribution in [0.25, 0.3) is 0 Å². The third-order valence-corrected chi connectivity index (χ3v) is 6.27. The van der Waals surface area contributed by atoms with Crippen LogP contribution in [0.1, 0.15) is 32.4 Å². The predicted octanol–water partition coefficient (Wildman–Crippen LogP) is -0.0153. The standard InChI is InChI=1S/C27H42N4O8.Na.H/c1-27(2,3)39-24(36)20-30-13-12-28(18-22(32)33)10-11-29(19-23(34)35)14-16-31(17-15-30)25(26(37)38-4)21-8-6-5-7-9-21;;/h5-9,25H,10-20H2,1-4H3,(H,32,33)(H,34,35);;. The molecule has 1 heterocycles. The zero-order valence-electron chi connectivity index (χ0n) is 23.4. The number of rotatable bonds is 9. The van der Waals surface area contributed by atoms with Gasteiger partial charge >= 0.3 is 53.4 Å². The molecule has 1 atom stereocenters.